The fourth-order valence-corrected chi connectivity index (χ4v) is 3.21. The molecular formula is C20H29NO3. The highest BCUT2D eigenvalue weighted by Gasteiger charge is 2.21. The maximum atomic E-state index is 12.5. The molecule has 2 aromatic rings. The summed E-state index contributed by atoms with van der Waals surface area (Å²) >= 11 is 0. The third-order valence-corrected chi connectivity index (χ3v) is 4.25. The molecule has 0 aliphatic heterocycles. The van der Waals surface area contributed by atoms with Crippen molar-refractivity contribution in [2.24, 2.45) is 0 Å². The van der Waals surface area contributed by atoms with Crippen LogP contribution >= 0.6 is 0 Å². The second-order valence-electron chi connectivity index (χ2n) is 6.23. The van der Waals surface area contributed by atoms with Crippen LogP contribution in [0.15, 0.2) is 18.2 Å². The average Bonchev–Trinajstić information content (AvgIpc) is 2.80. The number of nitrogens with zero attached hydrogens (tertiary/aromatic N) is 1. The summed E-state index contributed by atoms with van der Waals surface area (Å²) in [5.74, 6) is 0.552. The molecule has 0 radical (unpaired) electrons. The summed E-state index contributed by atoms with van der Waals surface area (Å²) < 4.78 is 13.5. The van der Waals surface area contributed by atoms with Gasteiger partial charge in [0.05, 0.1) is 18.3 Å². The van der Waals surface area contributed by atoms with Crippen molar-refractivity contribution < 1.29 is 14.3 Å². The largest absolute Gasteiger partial charge is 0.491 e. The Bertz CT molecular complexity index is 702. The molecule has 1 heterocycles. The van der Waals surface area contributed by atoms with Gasteiger partial charge in [0, 0.05) is 23.1 Å². The van der Waals surface area contributed by atoms with E-state index in [1.54, 1.807) is 0 Å². The minimum atomic E-state index is -0.256. The van der Waals surface area contributed by atoms with Crippen LogP contribution < -0.4 is 4.74 Å². The van der Waals surface area contributed by atoms with Gasteiger partial charge in [0.2, 0.25) is 0 Å². The molecule has 0 saturated carbocycles. The Hall–Kier alpha value is -1.97. The van der Waals surface area contributed by atoms with Gasteiger partial charge < -0.3 is 14.0 Å². The van der Waals surface area contributed by atoms with Crippen LogP contribution in [0.3, 0.4) is 0 Å². The highest BCUT2D eigenvalue weighted by atomic mass is 16.5. The zero-order valence-electron chi connectivity index (χ0n) is 15.5. The Morgan fingerprint density at radius 3 is 2.58 bits per heavy atom. The van der Waals surface area contributed by atoms with Crippen molar-refractivity contribution in [1.29, 1.82) is 0 Å². The fourth-order valence-electron chi connectivity index (χ4n) is 3.21. The van der Waals surface area contributed by atoms with Gasteiger partial charge in [-0.1, -0.05) is 20.3 Å². The lowest BCUT2D eigenvalue weighted by atomic mass is 10.1. The summed E-state index contributed by atoms with van der Waals surface area (Å²) in [6.07, 6.45) is 3.28. The Morgan fingerprint density at radius 1 is 1.21 bits per heavy atom. The first kappa shape index (κ1) is 18.4. The van der Waals surface area contributed by atoms with Gasteiger partial charge in [0.25, 0.3) is 0 Å². The molecule has 0 bridgehead atoms. The van der Waals surface area contributed by atoms with Crippen molar-refractivity contribution in [2.75, 3.05) is 6.61 Å². The van der Waals surface area contributed by atoms with E-state index in [4.69, 9.17) is 9.47 Å². The van der Waals surface area contributed by atoms with Crippen LogP contribution in [0.5, 0.6) is 5.75 Å². The van der Waals surface area contributed by atoms with Gasteiger partial charge in [0.1, 0.15) is 5.75 Å². The molecule has 0 fully saturated rings. The van der Waals surface area contributed by atoms with Crippen LogP contribution in [0, 0.1) is 6.92 Å². The maximum absolute atomic E-state index is 12.5. The minimum absolute atomic E-state index is 0.164. The third-order valence-electron chi connectivity index (χ3n) is 4.25. The number of esters is 1. The van der Waals surface area contributed by atoms with Crippen molar-refractivity contribution in [3.05, 3.63) is 29.5 Å². The van der Waals surface area contributed by atoms with Crippen molar-refractivity contribution in [3.63, 3.8) is 0 Å². The highest BCUT2D eigenvalue weighted by Crippen LogP contribution is 2.31. The summed E-state index contributed by atoms with van der Waals surface area (Å²) in [5.41, 5.74) is 2.69. The number of ether oxygens (including phenoxy) is 2. The normalized spacial score (nSPS) is 12.4. The van der Waals surface area contributed by atoms with Gasteiger partial charge in [0.15, 0.2) is 0 Å². The van der Waals surface area contributed by atoms with E-state index in [1.165, 1.54) is 0 Å². The summed E-state index contributed by atoms with van der Waals surface area (Å²) in [7, 11) is 0. The standard InChI is InChI=1S/C20H29NO3/c1-6-9-14(4)24-16-10-11-18-17(13-16)19(20(22)23-8-3)15(5)21(18)12-7-2/h10-11,13-14H,6-9,12H2,1-5H3/t14-/m0/s1. The van der Waals surface area contributed by atoms with Crippen LogP contribution in [0.2, 0.25) is 0 Å². The quantitative estimate of drug-likeness (QED) is 0.632. The number of carbonyl (C=O) groups excluding carboxylic acids is 1. The summed E-state index contributed by atoms with van der Waals surface area (Å²) in [4.78, 5) is 12.5. The zero-order valence-corrected chi connectivity index (χ0v) is 15.5. The van der Waals surface area contributed by atoms with Crippen molar-refractivity contribution in [1.82, 2.24) is 4.57 Å². The Balaban J connectivity index is 2.51. The van der Waals surface area contributed by atoms with E-state index in [9.17, 15) is 4.79 Å². The maximum Gasteiger partial charge on any atom is 0.340 e. The van der Waals surface area contributed by atoms with E-state index in [1.807, 2.05) is 26.0 Å². The van der Waals surface area contributed by atoms with Gasteiger partial charge in [-0.2, -0.15) is 0 Å². The van der Waals surface area contributed by atoms with Crippen molar-refractivity contribution >= 4 is 16.9 Å². The number of aromatic nitrogens is 1. The van der Waals surface area contributed by atoms with Crippen molar-refractivity contribution in [2.45, 2.75) is 66.5 Å². The number of benzene rings is 1. The average molecular weight is 331 g/mol. The molecule has 0 unspecified atom stereocenters. The Kier molecular flexibility index (Phi) is 6.29. The van der Waals surface area contributed by atoms with Gasteiger partial charge in [-0.25, -0.2) is 4.79 Å². The molecule has 4 heteroatoms. The lowest BCUT2D eigenvalue weighted by molar-refractivity contribution is 0.0527. The first-order valence-electron chi connectivity index (χ1n) is 9.00. The lowest BCUT2D eigenvalue weighted by Gasteiger charge is -2.14. The SMILES string of the molecule is CCC[C@H](C)Oc1ccc2c(c1)c(C(=O)OCC)c(C)n2CCC. The highest BCUT2D eigenvalue weighted by molar-refractivity contribution is 6.06. The minimum Gasteiger partial charge on any atom is -0.491 e. The predicted octanol–water partition coefficient (Wildman–Crippen LogP) is 5.10. The Morgan fingerprint density at radius 2 is 1.96 bits per heavy atom. The molecule has 2 rings (SSSR count). The molecule has 0 aliphatic carbocycles. The van der Waals surface area contributed by atoms with Crippen molar-refractivity contribution in [3.8, 4) is 5.75 Å². The molecule has 0 N–H and O–H groups in total. The van der Waals surface area contributed by atoms with Crippen LogP contribution in [-0.4, -0.2) is 23.2 Å². The van der Waals surface area contributed by atoms with Crippen LogP contribution in [0.4, 0.5) is 0 Å². The predicted molar refractivity (Wildman–Crippen MR) is 97.9 cm³/mol. The first-order chi connectivity index (χ1) is 11.5. The smallest absolute Gasteiger partial charge is 0.340 e. The topological polar surface area (TPSA) is 40.5 Å². The number of hydrogen-bond acceptors (Lipinski definition) is 3. The fraction of sp³-hybridized carbons (Fsp3) is 0.550. The summed E-state index contributed by atoms with van der Waals surface area (Å²) in [6.45, 7) is 11.4. The van der Waals surface area contributed by atoms with E-state index in [0.29, 0.717) is 12.2 Å². The van der Waals surface area contributed by atoms with E-state index < -0.39 is 0 Å². The second kappa shape index (κ2) is 8.22. The molecule has 1 atom stereocenters. The number of rotatable bonds is 8. The van der Waals surface area contributed by atoms with Gasteiger partial charge in [-0.05, 0) is 51.8 Å². The molecule has 4 nitrogen and oxygen atoms in total. The second-order valence-corrected chi connectivity index (χ2v) is 6.23. The van der Waals surface area contributed by atoms with Gasteiger partial charge in [-0.3, -0.25) is 0 Å². The van der Waals surface area contributed by atoms with E-state index >= 15 is 0 Å². The molecule has 1 aromatic heterocycles. The van der Waals surface area contributed by atoms with Gasteiger partial charge in [-0.15, -0.1) is 0 Å². The zero-order chi connectivity index (χ0) is 17.7. The number of hydrogen-bond donors (Lipinski definition) is 0. The van der Waals surface area contributed by atoms with Crippen LogP contribution in [0.1, 0.15) is 63.0 Å². The molecular weight excluding hydrogens is 302 g/mol. The Labute approximate surface area is 144 Å². The molecule has 0 aliphatic rings. The lowest BCUT2D eigenvalue weighted by Crippen LogP contribution is -2.11. The summed E-state index contributed by atoms with van der Waals surface area (Å²) in [5, 5.41) is 0.917. The molecule has 24 heavy (non-hydrogen) atoms. The van der Waals surface area contributed by atoms with E-state index in [0.717, 1.165) is 48.2 Å². The third kappa shape index (κ3) is 3.74. The molecule has 0 saturated heterocycles. The molecule has 0 spiro atoms. The number of carbonyl (C=O) groups is 1. The molecule has 132 valence electrons. The van der Waals surface area contributed by atoms with Gasteiger partial charge >= 0.3 is 5.97 Å². The number of aryl methyl sites for hydroxylation is 1. The molecule has 0 amide bonds. The molecule has 1 aromatic carbocycles. The monoisotopic (exact) mass is 331 g/mol. The first-order valence-corrected chi connectivity index (χ1v) is 9.00. The number of fused-ring (bicyclic) bond motifs is 1. The van der Waals surface area contributed by atoms with Crippen LogP contribution in [-0.2, 0) is 11.3 Å². The van der Waals surface area contributed by atoms with Crippen LogP contribution in [0.25, 0.3) is 10.9 Å². The van der Waals surface area contributed by atoms with E-state index in [-0.39, 0.29) is 12.1 Å². The van der Waals surface area contributed by atoms with E-state index in [2.05, 4.69) is 31.4 Å². The summed E-state index contributed by atoms with van der Waals surface area (Å²) in [6, 6.07) is 6.02.